The summed E-state index contributed by atoms with van der Waals surface area (Å²) in [5.41, 5.74) is 2.00. The number of halogens is 1. The van der Waals surface area contributed by atoms with E-state index in [2.05, 4.69) is 4.37 Å². The van der Waals surface area contributed by atoms with Gasteiger partial charge in [-0.3, -0.25) is 9.59 Å². The lowest BCUT2D eigenvalue weighted by Gasteiger charge is -2.13. The Morgan fingerprint density at radius 1 is 1.21 bits per heavy atom. The molecule has 0 spiro atoms. The minimum atomic E-state index is -0.563. The van der Waals surface area contributed by atoms with Crippen molar-refractivity contribution >= 4 is 23.6 Å². The van der Waals surface area contributed by atoms with Gasteiger partial charge in [0.1, 0.15) is 17.7 Å². The van der Waals surface area contributed by atoms with E-state index in [4.69, 9.17) is 4.74 Å². The van der Waals surface area contributed by atoms with Crippen molar-refractivity contribution < 1.29 is 18.7 Å². The van der Waals surface area contributed by atoms with E-state index >= 15 is 0 Å². The highest BCUT2D eigenvalue weighted by Gasteiger charge is 2.30. The molecule has 0 amide bonds. The third-order valence-corrected chi connectivity index (χ3v) is 5.70. The van der Waals surface area contributed by atoms with Gasteiger partial charge in [0, 0.05) is 17.0 Å². The van der Waals surface area contributed by atoms with E-state index in [9.17, 15) is 14.0 Å². The fourth-order valence-electron chi connectivity index (χ4n) is 2.94. The highest BCUT2D eigenvalue weighted by atomic mass is 32.1. The number of Topliss-reactive ketones (excluding diaryl/α,β-unsaturated/α-hetero) is 1. The molecule has 1 fully saturated rings. The van der Waals surface area contributed by atoms with Gasteiger partial charge in [-0.1, -0.05) is 6.07 Å². The Labute approximate surface area is 166 Å². The number of ether oxygens (including phenoxy) is 1. The van der Waals surface area contributed by atoms with Crippen LogP contribution in [0.3, 0.4) is 0 Å². The van der Waals surface area contributed by atoms with Crippen LogP contribution in [0.15, 0.2) is 48.5 Å². The number of benzene rings is 2. The number of aromatic nitrogens is 1. The minimum absolute atomic E-state index is 0.0273. The number of carbonyl (C=O) groups is 2. The van der Waals surface area contributed by atoms with Crippen molar-refractivity contribution in [2.75, 3.05) is 0 Å². The van der Waals surface area contributed by atoms with E-state index in [0.29, 0.717) is 23.3 Å². The zero-order chi connectivity index (χ0) is 19.7. The first-order valence-electron chi connectivity index (χ1n) is 9.08. The molecule has 1 saturated carbocycles. The molecule has 1 unspecified atom stereocenters. The molecule has 1 aromatic heterocycles. The second-order valence-electron chi connectivity index (χ2n) is 6.89. The highest BCUT2D eigenvalue weighted by Crippen LogP contribution is 2.34. The monoisotopic (exact) mass is 395 g/mol. The molecular weight excluding hydrogens is 377 g/mol. The molecule has 1 heterocycles. The Morgan fingerprint density at radius 3 is 2.61 bits per heavy atom. The van der Waals surface area contributed by atoms with Crippen molar-refractivity contribution in [1.29, 1.82) is 0 Å². The van der Waals surface area contributed by atoms with Crippen LogP contribution < -0.4 is 4.74 Å². The summed E-state index contributed by atoms with van der Waals surface area (Å²) < 4.78 is 24.2. The molecule has 0 radical (unpaired) electrons. The van der Waals surface area contributed by atoms with Crippen LogP contribution in [0, 0.1) is 11.7 Å². The lowest BCUT2D eigenvalue weighted by molar-refractivity contribution is 0.0967. The number of hydrogen-bond donors (Lipinski definition) is 0. The largest absolute Gasteiger partial charge is 0.485 e. The topological polar surface area (TPSA) is 56.3 Å². The molecule has 0 aliphatic heterocycles. The predicted molar refractivity (Wildman–Crippen MR) is 105 cm³/mol. The molecule has 6 heteroatoms. The van der Waals surface area contributed by atoms with Crippen LogP contribution in [0.5, 0.6) is 5.75 Å². The Balaban J connectivity index is 1.45. The van der Waals surface area contributed by atoms with Crippen LogP contribution in [-0.4, -0.2) is 16.4 Å². The summed E-state index contributed by atoms with van der Waals surface area (Å²) in [5.74, 6) is 0.523. The molecule has 3 aromatic rings. The smallest absolute Gasteiger partial charge is 0.165 e. The SMILES string of the molecule is CC(Oc1ccc(C(=O)C2CC2)cc1)c1cc(-c2ccc(C=O)c(F)c2)ns1. The maximum atomic E-state index is 13.8. The van der Waals surface area contributed by atoms with E-state index in [-0.39, 0.29) is 23.4 Å². The predicted octanol–water partition coefficient (Wildman–Crippen LogP) is 5.49. The molecule has 28 heavy (non-hydrogen) atoms. The van der Waals surface area contributed by atoms with Crippen LogP contribution in [0.2, 0.25) is 0 Å². The van der Waals surface area contributed by atoms with E-state index in [1.165, 1.54) is 23.7 Å². The number of rotatable bonds is 7. The first-order chi connectivity index (χ1) is 13.5. The Morgan fingerprint density at radius 2 is 1.96 bits per heavy atom. The molecule has 142 valence electrons. The molecule has 0 bridgehead atoms. The Bertz CT molecular complexity index is 1020. The lowest BCUT2D eigenvalue weighted by atomic mass is 10.1. The summed E-state index contributed by atoms with van der Waals surface area (Å²) in [7, 11) is 0. The first-order valence-corrected chi connectivity index (χ1v) is 9.85. The van der Waals surface area contributed by atoms with Gasteiger partial charge in [0.15, 0.2) is 12.1 Å². The average Bonchev–Trinajstić information content (AvgIpc) is 3.44. The maximum Gasteiger partial charge on any atom is 0.165 e. The van der Waals surface area contributed by atoms with Crippen LogP contribution in [-0.2, 0) is 0 Å². The summed E-state index contributed by atoms with van der Waals surface area (Å²) >= 11 is 1.29. The molecule has 1 aliphatic rings. The standard InChI is InChI=1S/C22H18FNO3S/c1-13(27-18-8-6-15(7-9-18)22(26)14-2-3-14)21-11-20(24-28-21)16-4-5-17(12-25)19(23)10-16/h4-14H,2-3H2,1H3. The number of aldehydes is 1. The molecule has 1 aliphatic carbocycles. The van der Waals surface area contributed by atoms with Crippen molar-refractivity contribution in [2.24, 2.45) is 5.92 Å². The molecule has 4 nitrogen and oxygen atoms in total. The van der Waals surface area contributed by atoms with Gasteiger partial charge in [-0.2, -0.15) is 4.37 Å². The van der Waals surface area contributed by atoms with E-state index in [0.717, 1.165) is 23.3 Å². The highest BCUT2D eigenvalue weighted by molar-refractivity contribution is 7.06. The molecule has 0 N–H and O–H groups in total. The van der Waals surface area contributed by atoms with Gasteiger partial charge in [-0.15, -0.1) is 0 Å². The van der Waals surface area contributed by atoms with E-state index < -0.39 is 5.82 Å². The fourth-order valence-corrected chi connectivity index (χ4v) is 3.66. The van der Waals surface area contributed by atoms with Gasteiger partial charge >= 0.3 is 0 Å². The van der Waals surface area contributed by atoms with Gasteiger partial charge in [-0.25, -0.2) is 4.39 Å². The molecule has 4 rings (SSSR count). The minimum Gasteiger partial charge on any atom is -0.485 e. The zero-order valence-electron chi connectivity index (χ0n) is 15.2. The molecule has 0 saturated heterocycles. The summed E-state index contributed by atoms with van der Waals surface area (Å²) in [5, 5.41) is 0. The Hall–Kier alpha value is -2.86. The fraction of sp³-hybridized carbons (Fsp3) is 0.227. The van der Waals surface area contributed by atoms with Crippen molar-refractivity contribution in [3.8, 4) is 17.0 Å². The molecule has 1 atom stereocenters. The third-order valence-electron chi connectivity index (χ3n) is 4.75. The van der Waals surface area contributed by atoms with Gasteiger partial charge in [0.05, 0.1) is 16.1 Å². The molecular formula is C22H18FNO3S. The molecule has 2 aromatic carbocycles. The second kappa shape index (κ2) is 7.64. The van der Waals surface area contributed by atoms with Crippen LogP contribution >= 0.6 is 11.5 Å². The quantitative estimate of drug-likeness (QED) is 0.392. The van der Waals surface area contributed by atoms with E-state index in [1.54, 1.807) is 18.2 Å². The summed E-state index contributed by atoms with van der Waals surface area (Å²) in [6, 6.07) is 13.5. The summed E-state index contributed by atoms with van der Waals surface area (Å²) in [6.07, 6.45) is 2.23. The second-order valence-corrected chi connectivity index (χ2v) is 7.73. The van der Waals surface area contributed by atoms with Crippen LogP contribution in [0.4, 0.5) is 4.39 Å². The first kappa shape index (κ1) is 18.5. The van der Waals surface area contributed by atoms with Crippen molar-refractivity contribution in [3.05, 3.63) is 70.4 Å². The van der Waals surface area contributed by atoms with Crippen LogP contribution in [0.25, 0.3) is 11.3 Å². The number of carbonyl (C=O) groups excluding carboxylic acids is 2. The lowest BCUT2D eigenvalue weighted by Crippen LogP contribution is -2.03. The van der Waals surface area contributed by atoms with Crippen LogP contribution in [0.1, 0.15) is 51.5 Å². The van der Waals surface area contributed by atoms with Gasteiger partial charge in [-0.05, 0) is 73.8 Å². The third kappa shape index (κ3) is 3.87. The zero-order valence-corrected chi connectivity index (χ0v) is 16.0. The summed E-state index contributed by atoms with van der Waals surface area (Å²) in [6.45, 7) is 1.91. The number of nitrogens with zero attached hydrogens (tertiary/aromatic N) is 1. The number of ketones is 1. The summed E-state index contributed by atoms with van der Waals surface area (Å²) in [4.78, 5) is 23.7. The normalized spacial score (nSPS) is 14.5. The Kier molecular flexibility index (Phi) is 5.05. The maximum absolute atomic E-state index is 13.8. The van der Waals surface area contributed by atoms with E-state index in [1.807, 2.05) is 25.1 Å². The van der Waals surface area contributed by atoms with Crippen molar-refractivity contribution in [2.45, 2.75) is 25.9 Å². The van der Waals surface area contributed by atoms with Crippen molar-refractivity contribution in [1.82, 2.24) is 4.37 Å². The average molecular weight is 395 g/mol. The van der Waals surface area contributed by atoms with Gasteiger partial charge < -0.3 is 4.74 Å². The van der Waals surface area contributed by atoms with Gasteiger partial charge in [0.2, 0.25) is 0 Å². The van der Waals surface area contributed by atoms with Gasteiger partial charge in [0.25, 0.3) is 0 Å². The van der Waals surface area contributed by atoms with Crippen molar-refractivity contribution in [3.63, 3.8) is 0 Å². The number of hydrogen-bond acceptors (Lipinski definition) is 5.